The van der Waals surface area contributed by atoms with Gasteiger partial charge in [-0.2, -0.15) is 0 Å². The van der Waals surface area contributed by atoms with Crippen LogP contribution in [0.3, 0.4) is 0 Å². The number of ether oxygens (including phenoxy) is 3. The number of rotatable bonds is 5. The fourth-order valence-electron chi connectivity index (χ4n) is 2.35. The van der Waals surface area contributed by atoms with E-state index in [2.05, 4.69) is 20.9 Å². The first-order valence-corrected chi connectivity index (χ1v) is 8.50. The normalized spacial score (nSPS) is 15.1. The molecule has 0 aliphatic carbocycles. The van der Waals surface area contributed by atoms with Crippen molar-refractivity contribution >= 4 is 33.9 Å². The Kier molecular flexibility index (Phi) is 5.19. The number of esters is 1. The quantitative estimate of drug-likeness (QED) is 0.556. The van der Waals surface area contributed by atoms with E-state index in [1.54, 1.807) is 25.3 Å². The maximum absolute atomic E-state index is 12.1. The van der Waals surface area contributed by atoms with E-state index in [4.69, 9.17) is 14.2 Å². The van der Waals surface area contributed by atoms with Crippen molar-refractivity contribution in [1.82, 2.24) is 0 Å². The van der Waals surface area contributed by atoms with E-state index in [0.717, 1.165) is 15.6 Å². The summed E-state index contributed by atoms with van der Waals surface area (Å²) in [5.74, 6) is 1.02. The molecule has 0 amide bonds. The van der Waals surface area contributed by atoms with Crippen LogP contribution in [0.1, 0.15) is 18.1 Å². The van der Waals surface area contributed by atoms with E-state index in [1.807, 2.05) is 37.3 Å². The fourth-order valence-corrected chi connectivity index (χ4v) is 2.79. The average Bonchev–Trinajstić information content (AvgIpc) is 2.99. The third-order valence-electron chi connectivity index (χ3n) is 3.52. The summed E-state index contributed by atoms with van der Waals surface area (Å²) in [6, 6.07) is 12.9. The number of aliphatic imine (C=N–C) groups is 1. The van der Waals surface area contributed by atoms with Crippen molar-refractivity contribution in [2.75, 3.05) is 13.7 Å². The van der Waals surface area contributed by atoms with E-state index < -0.39 is 5.97 Å². The van der Waals surface area contributed by atoms with Crippen LogP contribution in [0.15, 0.2) is 57.6 Å². The van der Waals surface area contributed by atoms with Gasteiger partial charge < -0.3 is 14.2 Å². The Bertz CT molecular complexity index is 859. The van der Waals surface area contributed by atoms with Crippen LogP contribution in [0.4, 0.5) is 0 Å². The number of benzene rings is 2. The van der Waals surface area contributed by atoms with Crippen molar-refractivity contribution in [1.29, 1.82) is 0 Å². The number of halogens is 1. The molecule has 2 aromatic rings. The summed E-state index contributed by atoms with van der Waals surface area (Å²) in [5, 5.41) is 0. The standard InChI is InChI=1S/C19H16BrNO4/c1-3-24-17-10-13(14(20)11-16(17)23-2)9-15-19(22)25-18(21-15)12-7-5-4-6-8-12/h4-11H,3H2,1-2H3/b15-9-. The Hall–Kier alpha value is -2.60. The second-order valence-corrected chi connectivity index (χ2v) is 6.01. The molecule has 0 spiro atoms. The molecule has 2 aromatic carbocycles. The zero-order valence-electron chi connectivity index (χ0n) is 13.8. The lowest BCUT2D eigenvalue weighted by molar-refractivity contribution is -0.129. The average molecular weight is 402 g/mol. The van der Waals surface area contributed by atoms with E-state index in [1.165, 1.54) is 0 Å². The van der Waals surface area contributed by atoms with Crippen LogP contribution >= 0.6 is 15.9 Å². The van der Waals surface area contributed by atoms with Gasteiger partial charge in [0.1, 0.15) is 0 Å². The Morgan fingerprint density at radius 1 is 1.20 bits per heavy atom. The summed E-state index contributed by atoms with van der Waals surface area (Å²) in [5.41, 5.74) is 1.73. The molecule has 0 N–H and O–H groups in total. The molecular formula is C19H16BrNO4. The van der Waals surface area contributed by atoms with Gasteiger partial charge in [-0.15, -0.1) is 0 Å². The highest BCUT2D eigenvalue weighted by Crippen LogP contribution is 2.35. The molecule has 0 saturated carbocycles. The molecule has 0 radical (unpaired) electrons. The Labute approximate surface area is 154 Å². The number of hydrogen-bond donors (Lipinski definition) is 0. The third kappa shape index (κ3) is 3.74. The van der Waals surface area contributed by atoms with Crippen molar-refractivity contribution in [3.8, 4) is 11.5 Å². The topological polar surface area (TPSA) is 57.1 Å². The summed E-state index contributed by atoms with van der Waals surface area (Å²) in [6.45, 7) is 2.40. The number of cyclic esters (lactones) is 1. The molecule has 0 fully saturated rings. The van der Waals surface area contributed by atoms with Crippen molar-refractivity contribution in [2.24, 2.45) is 4.99 Å². The lowest BCUT2D eigenvalue weighted by Crippen LogP contribution is -2.05. The van der Waals surface area contributed by atoms with E-state index >= 15 is 0 Å². The number of hydrogen-bond acceptors (Lipinski definition) is 5. The van der Waals surface area contributed by atoms with Gasteiger partial charge >= 0.3 is 5.97 Å². The maximum Gasteiger partial charge on any atom is 0.363 e. The van der Waals surface area contributed by atoms with Crippen LogP contribution in [-0.4, -0.2) is 25.6 Å². The van der Waals surface area contributed by atoms with Gasteiger partial charge in [-0.25, -0.2) is 9.79 Å². The van der Waals surface area contributed by atoms with Crippen molar-refractivity contribution < 1.29 is 19.0 Å². The molecule has 0 atom stereocenters. The molecule has 0 unspecified atom stereocenters. The molecule has 0 bridgehead atoms. The highest BCUT2D eigenvalue weighted by atomic mass is 79.9. The number of carbonyl (C=O) groups excluding carboxylic acids is 1. The first kappa shape index (κ1) is 17.2. The van der Waals surface area contributed by atoms with Gasteiger partial charge in [0.2, 0.25) is 5.90 Å². The molecule has 5 nitrogen and oxygen atoms in total. The summed E-state index contributed by atoms with van der Waals surface area (Å²) >= 11 is 3.48. The third-order valence-corrected chi connectivity index (χ3v) is 4.20. The Morgan fingerprint density at radius 2 is 1.96 bits per heavy atom. The van der Waals surface area contributed by atoms with Crippen molar-refractivity contribution in [3.63, 3.8) is 0 Å². The molecule has 3 rings (SSSR count). The van der Waals surface area contributed by atoms with Gasteiger partial charge in [0.25, 0.3) is 0 Å². The van der Waals surface area contributed by atoms with E-state index in [-0.39, 0.29) is 5.70 Å². The minimum absolute atomic E-state index is 0.229. The molecule has 6 heteroatoms. The smallest absolute Gasteiger partial charge is 0.363 e. The molecule has 1 heterocycles. The van der Waals surface area contributed by atoms with Crippen molar-refractivity contribution in [3.05, 3.63) is 63.8 Å². The molecule has 0 aromatic heterocycles. The summed E-state index contributed by atoms with van der Waals surface area (Å²) in [7, 11) is 1.58. The van der Waals surface area contributed by atoms with Gasteiger partial charge in [0, 0.05) is 10.0 Å². The second kappa shape index (κ2) is 7.53. The van der Waals surface area contributed by atoms with Gasteiger partial charge in [-0.3, -0.25) is 0 Å². The lowest BCUT2D eigenvalue weighted by atomic mass is 10.1. The Morgan fingerprint density at radius 3 is 2.64 bits per heavy atom. The number of methoxy groups -OCH3 is 1. The van der Waals surface area contributed by atoms with Crippen LogP contribution in [0.5, 0.6) is 11.5 Å². The number of carbonyl (C=O) groups is 1. The minimum Gasteiger partial charge on any atom is -0.493 e. The van der Waals surface area contributed by atoms with E-state index in [9.17, 15) is 4.79 Å². The van der Waals surface area contributed by atoms with Crippen LogP contribution in [0.25, 0.3) is 6.08 Å². The molecular weight excluding hydrogens is 386 g/mol. The predicted octanol–water partition coefficient (Wildman–Crippen LogP) is 4.20. The zero-order chi connectivity index (χ0) is 17.8. The molecule has 1 aliphatic rings. The van der Waals surface area contributed by atoms with Crippen LogP contribution in [-0.2, 0) is 9.53 Å². The fraction of sp³-hybridized carbons (Fsp3) is 0.158. The van der Waals surface area contributed by atoms with Gasteiger partial charge in [0.05, 0.1) is 13.7 Å². The molecule has 0 saturated heterocycles. The second-order valence-electron chi connectivity index (χ2n) is 5.16. The highest BCUT2D eigenvalue weighted by molar-refractivity contribution is 9.10. The summed E-state index contributed by atoms with van der Waals surface area (Å²) in [6.07, 6.45) is 1.66. The molecule has 128 valence electrons. The van der Waals surface area contributed by atoms with E-state index in [0.29, 0.717) is 24.0 Å². The zero-order valence-corrected chi connectivity index (χ0v) is 15.4. The van der Waals surface area contributed by atoms with Crippen LogP contribution in [0.2, 0.25) is 0 Å². The largest absolute Gasteiger partial charge is 0.493 e. The summed E-state index contributed by atoms with van der Waals surface area (Å²) in [4.78, 5) is 16.4. The predicted molar refractivity (Wildman–Crippen MR) is 98.9 cm³/mol. The number of nitrogens with zero attached hydrogens (tertiary/aromatic N) is 1. The van der Waals surface area contributed by atoms with Crippen LogP contribution in [0, 0.1) is 0 Å². The first-order chi connectivity index (χ1) is 12.1. The highest BCUT2D eigenvalue weighted by Gasteiger charge is 2.24. The van der Waals surface area contributed by atoms with Gasteiger partial charge in [-0.1, -0.05) is 34.1 Å². The van der Waals surface area contributed by atoms with Crippen LogP contribution < -0.4 is 9.47 Å². The maximum atomic E-state index is 12.1. The first-order valence-electron chi connectivity index (χ1n) is 7.70. The van der Waals surface area contributed by atoms with Gasteiger partial charge in [0.15, 0.2) is 17.2 Å². The van der Waals surface area contributed by atoms with Crippen molar-refractivity contribution in [2.45, 2.75) is 6.92 Å². The SMILES string of the molecule is CCOc1cc(/C=C2\N=C(c3ccccc3)OC2=O)c(Br)cc1OC. The summed E-state index contributed by atoms with van der Waals surface area (Å²) < 4.78 is 16.9. The Balaban J connectivity index is 1.98. The van der Waals surface area contributed by atoms with Gasteiger partial charge in [-0.05, 0) is 42.8 Å². The lowest BCUT2D eigenvalue weighted by Gasteiger charge is -2.11. The minimum atomic E-state index is -0.487. The monoisotopic (exact) mass is 401 g/mol. The molecule has 25 heavy (non-hydrogen) atoms. The molecule has 1 aliphatic heterocycles.